The van der Waals surface area contributed by atoms with Crippen LogP contribution in [0.25, 0.3) is 5.69 Å². The molecule has 0 spiro atoms. The number of rotatable bonds is 8. The summed E-state index contributed by atoms with van der Waals surface area (Å²) in [5, 5.41) is 13.1. The van der Waals surface area contributed by atoms with Crippen LogP contribution >= 0.6 is 35.0 Å². The van der Waals surface area contributed by atoms with E-state index in [4.69, 9.17) is 27.9 Å². The lowest BCUT2D eigenvalue weighted by molar-refractivity contribution is -0.120. The monoisotopic (exact) mass is 490 g/mol. The summed E-state index contributed by atoms with van der Waals surface area (Å²) in [6.45, 7) is 6.11. The third-order valence-electron chi connectivity index (χ3n) is 5.13. The first-order valence-corrected chi connectivity index (χ1v) is 12.0. The summed E-state index contributed by atoms with van der Waals surface area (Å²) < 4.78 is 7.89. The van der Waals surface area contributed by atoms with Crippen LogP contribution in [0.15, 0.2) is 41.6 Å². The van der Waals surface area contributed by atoms with Gasteiger partial charge in [0.2, 0.25) is 5.91 Å². The quantitative estimate of drug-likeness (QED) is 0.420. The number of amides is 1. The molecular formula is C23H24Cl2N4O2S. The van der Waals surface area contributed by atoms with E-state index in [2.05, 4.69) is 33.7 Å². The summed E-state index contributed by atoms with van der Waals surface area (Å²) >= 11 is 13.6. The minimum Gasteiger partial charge on any atom is -0.484 e. The van der Waals surface area contributed by atoms with Gasteiger partial charge in [0.05, 0.1) is 16.0 Å². The average molecular weight is 491 g/mol. The van der Waals surface area contributed by atoms with Crippen LogP contribution in [0, 0.1) is 13.8 Å². The van der Waals surface area contributed by atoms with E-state index in [0.717, 1.165) is 29.7 Å². The smallest absolute Gasteiger partial charge is 0.233 e. The molecule has 1 heterocycles. The van der Waals surface area contributed by atoms with E-state index in [-0.39, 0.29) is 17.8 Å². The van der Waals surface area contributed by atoms with Gasteiger partial charge in [-0.05, 0) is 69.0 Å². The van der Waals surface area contributed by atoms with Crippen molar-refractivity contribution < 1.29 is 9.53 Å². The second-order valence-corrected chi connectivity index (χ2v) is 10.1. The van der Waals surface area contributed by atoms with Gasteiger partial charge in [-0.15, -0.1) is 10.2 Å². The molecule has 0 aliphatic heterocycles. The molecule has 6 nitrogen and oxygen atoms in total. The first kappa shape index (κ1) is 23.0. The number of benzene rings is 2. The molecule has 1 aliphatic rings. The van der Waals surface area contributed by atoms with E-state index in [9.17, 15) is 4.79 Å². The molecule has 1 amide bonds. The van der Waals surface area contributed by atoms with Crippen molar-refractivity contribution in [1.82, 2.24) is 20.1 Å². The van der Waals surface area contributed by atoms with Crippen LogP contribution in [-0.4, -0.2) is 32.0 Å². The third-order valence-corrected chi connectivity index (χ3v) is 6.70. The summed E-state index contributed by atoms with van der Waals surface area (Å²) in [5.74, 6) is 1.14. The van der Waals surface area contributed by atoms with Crippen LogP contribution in [0.5, 0.6) is 5.75 Å². The van der Waals surface area contributed by atoms with Crippen molar-refractivity contribution in [2.24, 2.45) is 0 Å². The lowest BCUT2D eigenvalue weighted by Crippen LogP contribution is -2.32. The number of ether oxygens (including phenoxy) is 1. The fourth-order valence-electron chi connectivity index (χ4n) is 3.16. The molecule has 1 atom stereocenters. The zero-order chi connectivity index (χ0) is 22.8. The fourth-order valence-corrected chi connectivity index (χ4v) is 4.52. The Hall–Kier alpha value is -2.22. The number of carbonyl (C=O) groups is 1. The molecule has 1 saturated carbocycles. The molecule has 0 radical (unpaired) electrons. The number of thioether (sulfide) groups is 1. The molecule has 168 valence electrons. The van der Waals surface area contributed by atoms with Crippen molar-refractivity contribution in [2.45, 2.75) is 56.7 Å². The van der Waals surface area contributed by atoms with Crippen molar-refractivity contribution in [1.29, 1.82) is 0 Å². The normalized spacial score (nSPS) is 14.3. The van der Waals surface area contributed by atoms with Crippen LogP contribution in [0.2, 0.25) is 10.0 Å². The summed E-state index contributed by atoms with van der Waals surface area (Å²) in [6.07, 6.45) is 2.10. The van der Waals surface area contributed by atoms with Crippen molar-refractivity contribution in [3.63, 3.8) is 0 Å². The van der Waals surface area contributed by atoms with Crippen LogP contribution in [0.4, 0.5) is 0 Å². The molecule has 1 fully saturated rings. The summed E-state index contributed by atoms with van der Waals surface area (Å²) in [4.78, 5) is 12.5. The van der Waals surface area contributed by atoms with Gasteiger partial charge in [0, 0.05) is 11.1 Å². The van der Waals surface area contributed by atoms with Gasteiger partial charge >= 0.3 is 0 Å². The van der Waals surface area contributed by atoms with E-state index in [1.54, 1.807) is 18.2 Å². The van der Waals surface area contributed by atoms with Gasteiger partial charge in [-0.1, -0.05) is 47.1 Å². The maximum Gasteiger partial charge on any atom is 0.233 e. The average Bonchev–Trinajstić information content (AvgIpc) is 3.48. The zero-order valence-corrected chi connectivity index (χ0v) is 20.4. The summed E-state index contributed by atoms with van der Waals surface area (Å²) in [7, 11) is 0. The Morgan fingerprint density at radius 2 is 2.00 bits per heavy atom. The predicted molar refractivity (Wildman–Crippen MR) is 128 cm³/mol. The van der Waals surface area contributed by atoms with Crippen LogP contribution in [-0.2, 0) is 11.4 Å². The number of halogens is 2. The molecule has 1 N–H and O–H groups in total. The molecule has 0 unspecified atom stereocenters. The Morgan fingerprint density at radius 3 is 2.72 bits per heavy atom. The van der Waals surface area contributed by atoms with Gasteiger partial charge in [-0.3, -0.25) is 9.36 Å². The number of carbonyl (C=O) groups excluding carboxylic acids is 1. The molecule has 0 saturated heterocycles. The van der Waals surface area contributed by atoms with Crippen molar-refractivity contribution >= 4 is 40.9 Å². The third kappa shape index (κ3) is 5.39. The summed E-state index contributed by atoms with van der Waals surface area (Å²) in [5.41, 5.74) is 3.13. The van der Waals surface area contributed by atoms with E-state index >= 15 is 0 Å². The second kappa shape index (κ2) is 9.73. The molecule has 4 rings (SSSR count). The Balaban J connectivity index is 1.63. The van der Waals surface area contributed by atoms with Crippen molar-refractivity contribution in [2.75, 3.05) is 0 Å². The largest absolute Gasteiger partial charge is 0.484 e. The Morgan fingerprint density at radius 1 is 1.22 bits per heavy atom. The highest BCUT2D eigenvalue weighted by atomic mass is 35.5. The number of aryl methyl sites for hydroxylation is 2. The molecule has 2 aromatic carbocycles. The Kier molecular flexibility index (Phi) is 6.98. The highest BCUT2D eigenvalue weighted by Gasteiger charge is 2.28. The topological polar surface area (TPSA) is 69.0 Å². The SMILES string of the molecule is Cc1ccc(C)c(-n2c(COc3ccc(Cl)cc3Cl)nnc2S[C@H](C)C(=O)NC2CC2)c1. The lowest BCUT2D eigenvalue weighted by atomic mass is 10.1. The molecule has 9 heteroatoms. The Labute approximate surface area is 201 Å². The van der Waals surface area contributed by atoms with Gasteiger partial charge in [-0.25, -0.2) is 0 Å². The predicted octanol–water partition coefficient (Wildman–Crippen LogP) is 5.53. The highest BCUT2D eigenvalue weighted by molar-refractivity contribution is 8.00. The number of hydrogen-bond acceptors (Lipinski definition) is 5. The number of nitrogens with zero attached hydrogens (tertiary/aromatic N) is 3. The van der Waals surface area contributed by atoms with E-state index in [1.807, 2.05) is 25.3 Å². The minimum absolute atomic E-state index is 0.0127. The van der Waals surface area contributed by atoms with Crippen molar-refractivity contribution in [3.05, 3.63) is 63.4 Å². The number of hydrogen-bond donors (Lipinski definition) is 1. The van der Waals surface area contributed by atoms with E-state index in [1.165, 1.54) is 11.8 Å². The maximum absolute atomic E-state index is 12.5. The summed E-state index contributed by atoms with van der Waals surface area (Å²) in [6, 6.07) is 11.6. The zero-order valence-electron chi connectivity index (χ0n) is 18.1. The standard InChI is InChI=1S/C23H24Cl2N4O2S/c1-13-4-5-14(2)19(10-13)29-21(12-31-20-9-6-16(24)11-18(20)25)27-28-23(29)32-15(3)22(30)26-17-7-8-17/h4-6,9-11,15,17H,7-8,12H2,1-3H3,(H,26,30)/t15-/m1/s1. The Bertz CT molecular complexity index is 1150. The van der Waals surface area contributed by atoms with Gasteiger partial charge in [0.25, 0.3) is 0 Å². The lowest BCUT2D eigenvalue weighted by Gasteiger charge is -2.16. The van der Waals surface area contributed by atoms with E-state index < -0.39 is 0 Å². The van der Waals surface area contributed by atoms with Gasteiger partial charge in [0.1, 0.15) is 12.4 Å². The molecular weight excluding hydrogens is 467 g/mol. The molecule has 1 aromatic heterocycles. The molecule has 32 heavy (non-hydrogen) atoms. The highest BCUT2D eigenvalue weighted by Crippen LogP contribution is 2.31. The van der Waals surface area contributed by atoms with Gasteiger partial charge in [-0.2, -0.15) is 0 Å². The van der Waals surface area contributed by atoms with Crippen LogP contribution in [0.1, 0.15) is 36.7 Å². The first-order valence-electron chi connectivity index (χ1n) is 10.4. The van der Waals surface area contributed by atoms with Gasteiger partial charge in [0.15, 0.2) is 11.0 Å². The maximum atomic E-state index is 12.5. The number of aromatic nitrogens is 3. The van der Waals surface area contributed by atoms with Crippen LogP contribution < -0.4 is 10.1 Å². The van der Waals surface area contributed by atoms with Crippen molar-refractivity contribution in [3.8, 4) is 11.4 Å². The molecule has 1 aliphatic carbocycles. The molecule has 3 aromatic rings. The first-order chi connectivity index (χ1) is 15.3. The second-order valence-electron chi connectivity index (χ2n) is 7.93. The van der Waals surface area contributed by atoms with E-state index in [0.29, 0.717) is 32.8 Å². The number of nitrogens with one attached hydrogen (secondary N) is 1. The molecule has 0 bridgehead atoms. The van der Waals surface area contributed by atoms with Crippen LogP contribution in [0.3, 0.4) is 0 Å². The fraction of sp³-hybridized carbons (Fsp3) is 0.348. The minimum atomic E-state index is -0.303. The van der Waals surface area contributed by atoms with Gasteiger partial charge < -0.3 is 10.1 Å².